The number of methoxy groups -OCH3 is 1. The number of carbonyl (C=O) groups excluding carboxylic acids is 2. The number of nitrogens with one attached hydrogen (secondary N) is 1. The lowest BCUT2D eigenvalue weighted by Crippen LogP contribution is -2.27. The van der Waals surface area contributed by atoms with Crippen LogP contribution in [-0.2, 0) is 9.53 Å². The second-order valence-corrected chi connectivity index (χ2v) is 4.42. The number of hydrogen-bond donors (Lipinski definition) is 1. The van der Waals surface area contributed by atoms with Crippen molar-refractivity contribution >= 4 is 27.8 Å². The van der Waals surface area contributed by atoms with Gasteiger partial charge in [0, 0.05) is 15.6 Å². The molecule has 1 heterocycles. The molecule has 1 amide bonds. The van der Waals surface area contributed by atoms with Crippen molar-refractivity contribution in [1.82, 2.24) is 5.32 Å². The van der Waals surface area contributed by atoms with Gasteiger partial charge < -0.3 is 10.1 Å². The summed E-state index contributed by atoms with van der Waals surface area (Å²) < 4.78 is 5.54. The molecular weight excluding hydrogens is 298 g/mol. The number of rotatable bonds is 1. The molecule has 0 spiro atoms. The number of ether oxygens (including phenoxy) is 1. The predicted octanol–water partition coefficient (Wildman–Crippen LogP) is 2.74. The maximum atomic E-state index is 11.6. The van der Waals surface area contributed by atoms with E-state index in [-0.39, 0.29) is 5.91 Å². The maximum absolute atomic E-state index is 11.6. The summed E-state index contributed by atoms with van der Waals surface area (Å²) in [5, 5.41) is 2.60. The van der Waals surface area contributed by atoms with Crippen molar-refractivity contribution in [2.75, 3.05) is 7.11 Å². The van der Waals surface area contributed by atoms with Gasteiger partial charge in [0.25, 0.3) is 5.91 Å². The molecule has 0 fully saturated rings. The highest BCUT2D eigenvalue weighted by molar-refractivity contribution is 9.10. The molecule has 0 saturated heterocycles. The van der Waals surface area contributed by atoms with E-state index in [1.54, 1.807) is 12.1 Å². The van der Waals surface area contributed by atoms with Gasteiger partial charge in [-0.3, -0.25) is 4.79 Å². The second-order valence-electron chi connectivity index (χ2n) is 3.56. The van der Waals surface area contributed by atoms with Crippen molar-refractivity contribution in [3.8, 4) is 0 Å². The molecule has 0 aromatic heterocycles. The van der Waals surface area contributed by atoms with Gasteiger partial charge in [-0.15, -0.1) is 0 Å². The van der Waals surface area contributed by atoms with Crippen molar-refractivity contribution in [2.24, 2.45) is 0 Å². The van der Waals surface area contributed by atoms with Gasteiger partial charge in [0.1, 0.15) is 0 Å². The minimum atomic E-state index is -0.690. The first-order valence-corrected chi connectivity index (χ1v) is 6.53. The molecule has 0 bridgehead atoms. The Morgan fingerprint density at radius 2 is 2.00 bits per heavy atom. The van der Waals surface area contributed by atoms with Crippen LogP contribution in [0.15, 0.2) is 16.6 Å². The summed E-state index contributed by atoms with van der Waals surface area (Å²) >= 11 is 3.38. The van der Waals surface area contributed by atoms with Gasteiger partial charge in [-0.2, -0.15) is 0 Å². The minimum absolute atomic E-state index is 0.235. The topological polar surface area (TPSA) is 55.4 Å². The Bertz CT molecular complexity index is 485. The lowest BCUT2D eigenvalue weighted by Gasteiger charge is -2.11. The number of benzene rings is 1. The predicted molar refractivity (Wildman–Crippen MR) is 72.5 cm³/mol. The van der Waals surface area contributed by atoms with Gasteiger partial charge in [0.05, 0.1) is 7.11 Å². The molecule has 18 heavy (non-hydrogen) atoms. The molecule has 1 unspecified atom stereocenters. The number of carbonyl (C=O) groups is 2. The third-order valence-electron chi connectivity index (χ3n) is 2.69. The van der Waals surface area contributed by atoms with Gasteiger partial charge in [-0.1, -0.05) is 29.8 Å². The monoisotopic (exact) mass is 313 g/mol. The van der Waals surface area contributed by atoms with E-state index in [2.05, 4.69) is 26.0 Å². The fourth-order valence-electron chi connectivity index (χ4n) is 1.85. The molecule has 1 aromatic rings. The van der Waals surface area contributed by atoms with Crippen molar-refractivity contribution in [3.05, 3.63) is 33.3 Å². The standard InChI is InChI=1S/C11H10BrNO3.C2H6/c1-5-7(12)4-3-6-8(5)9(11(15)16-2)13-10(6)14;1-2/h3-4,9H,1-2H3,(H,13,14);1-2H3. The molecule has 1 atom stereocenters. The van der Waals surface area contributed by atoms with Crippen LogP contribution >= 0.6 is 15.9 Å². The van der Waals surface area contributed by atoms with Crippen LogP contribution in [0.5, 0.6) is 0 Å². The summed E-state index contributed by atoms with van der Waals surface area (Å²) in [4.78, 5) is 23.2. The summed E-state index contributed by atoms with van der Waals surface area (Å²) in [5.41, 5.74) is 2.12. The Morgan fingerprint density at radius 1 is 1.39 bits per heavy atom. The Balaban J connectivity index is 0.000000771. The van der Waals surface area contributed by atoms with Crippen LogP contribution in [-0.4, -0.2) is 19.0 Å². The van der Waals surface area contributed by atoms with Crippen molar-refractivity contribution in [3.63, 3.8) is 0 Å². The normalized spacial score (nSPS) is 16.3. The van der Waals surface area contributed by atoms with Crippen molar-refractivity contribution in [1.29, 1.82) is 0 Å². The van der Waals surface area contributed by atoms with E-state index >= 15 is 0 Å². The molecule has 1 aliphatic rings. The molecular formula is C13H16BrNO3. The van der Waals surface area contributed by atoms with E-state index in [0.29, 0.717) is 11.1 Å². The quantitative estimate of drug-likeness (QED) is 0.811. The van der Waals surface area contributed by atoms with Gasteiger partial charge in [0.2, 0.25) is 0 Å². The fraction of sp³-hybridized carbons (Fsp3) is 0.385. The minimum Gasteiger partial charge on any atom is -0.467 e. The van der Waals surface area contributed by atoms with E-state index in [1.165, 1.54) is 7.11 Å². The fourth-order valence-corrected chi connectivity index (χ4v) is 2.19. The number of hydrogen-bond acceptors (Lipinski definition) is 3. The Morgan fingerprint density at radius 3 is 2.56 bits per heavy atom. The maximum Gasteiger partial charge on any atom is 0.333 e. The van der Waals surface area contributed by atoms with Crippen LogP contribution in [0.2, 0.25) is 0 Å². The van der Waals surface area contributed by atoms with E-state index in [1.807, 2.05) is 20.8 Å². The number of fused-ring (bicyclic) bond motifs is 1. The van der Waals surface area contributed by atoms with Crippen LogP contribution in [0.3, 0.4) is 0 Å². The highest BCUT2D eigenvalue weighted by Gasteiger charge is 2.36. The van der Waals surface area contributed by atoms with Gasteiger partial charge in [-0.05, 0) is 24.6 Å². The average molecular weight is 314 g/mol. The summed E-state index contributed by atoms with van der Waals surface area (Å²) in [6, 6.07) is 2.81. The second kappa shape index (κ2) is 6.00. The summed E-state index contributed by atoms with van der Waals surface area (Å²) in [6.07, 6.45) is 0. The third kappa shape index (κ3) is 2.41. The molecule has 5 heteroatoms. The zero-order valence-electron chi connectivity index (χ0n) is 10.8. The number of amides is 1. The Kier molecular flexibility index (Phi) is 4.90. The molecule has 4 nitrogen and oxygen atoms in total. The zero-order chi connectivity index (χ0) is 13.9. The number of halogens is 1. The van der Waals surface area contributed by atoms with Gasteiger partial charge in [0.15, 0.2) is 6.04 Å². The lowest BCUT2D eigenvalue weighted by molar-refractivity contribution is -0.142. The molecule has 1 N–H and O–H groups in total. The van der Waals surface area contributed by atoms with Crippen LogP contribution in [0.25, 0.3) is 0 Å². The first kappa shape index (κ1) is 14.7. The van der Waals surface area contributed by atoms with E-state index in [4.69, 9.17) is 0 Å². The first-order valence-electron chi connectivity index (χ1n) is 5.74. The smallest absolute Gasteiger partial charge is 0.333 e. The molecule has 0 radical (unpaired) electrons. The van der Waals surface area contributed by atoms with Crippen LogP contribution in [0, 0.1) is 6.92 Å². The van der Waals surface area contributed by atoms with E-state index in [9.17, 15) is 9.59 Å². The lowest BCUT2D eigenvalue weighted by atomic mass is 9.99. The first-order chi connectivity index (χ1) is 8.56. The Labute approximate surface area is 115 Å². The van der Waals surface area contributed by atoms with E-state index < -0.39 is 12.0 Å². The van der Waals surface area contributed by atoms with Crippen molar-refractivity contribution in [2.45, 2.75) is 26.8 Å². The molecule has 0 aliphatic carbocycles. The highest BCUT2D eigenvalue weighted by Crippen LogP contribution is 2.33. The summed E-state index contributed by atoms with van der Waals surface area (Å²) in [5.74, 6) is -0.686. The molecule has 1 aliphatic heterocycles. The molecule has 0 saturated carbocycles. The van der Waals surface area contributed by atoms with Crippen LogP contribution < -0.4 is 5.32 Å². The SMILES string of the molecule is CC.COC(=O)C1NC(=O)c2ccc(Br)c(C)c21. The molecule has 2 rings (SSSR count). The van der Waals surface area contributed by atoms with Crippen LogP contribution in [0.4, 0.5) is 0 Å². The largest absolute Gasteiger partial charge is 0.467 e. The highest BCUT2D eigenvalue weighted by atomic mass is 79.9. The average Bonchev–Trinajstić information content (AvgIpc) is 2.73. The third-order valence-corrected chi connectivity index (χ3v) is 3.55. The van der Waals surface area contributed by atoms with Gasteiger partial charge in [-0.25, -0.2) is 4.79 Å². The molecule has 1 aromatic carbocycles. The summed E-state index contributed by atoms with van der Waals surface area (Å²) in [7, 11) is 1.31. The zero-order valence-corrected chi connectivity index (χ0v) is 12.4. The van der Waals surface area contributed by atoms with Crippen molar-refractivity contribution < 1.29 is 14.3 Å². The van der Waals surface area contributed by atoms with E-state index in [0.717, 1.165) is 10.0 Å². The van der Waals surface area contributed by atoms with Gasteiger partial charge >= 0.3 is 5.97 Å². The summed E-state index contributed by atoms with van der Waals surface area (Å²) in [6.45, 7) is 5.86. The number of esters is 1. The van der Waals surface area contributed by atoms with Crippen LogP contribution in [0.1, 0.15) is 41.4 Å². The Hall–Kier alpha value is -1.36. The molecule has 98 valence electrons.